The van der Waals surface area contributed by atoms with Crippen molar-refractivity contribution < 1.29 is 14.3 Å². The fraction of sp³-hybridized carbons (Fsp3) is 0.500. The van der Waals surface area contributed by atoms with Gasteiger partial charge in [0.05, 0.1) is 23.0 Å². The Hall–Kier alpha value is -2.18. The van der Waals surface area contributed by atoms with Gasteiger partial charge in [0, 0.05) is 39.2 Å². The number of piperidine rings is 1. The van der Waals surface area contributed by atoms with Crippen LogP contribution in [0.2, 0.25) is 0 Å². The molecular weight excluding hydrogens is 330 g/mol. The van der Waals surface area contributed by atoms with Crippen molar-refractivity contribution >= 4 is 5.91 Å². The summed E-state index contributed by atoms with van der Waals surface area (Å²) in [4.78, 5) is 15.1. The van der Waals surface area contributed by atoms with Gasteiger partial charge in [-0.25, -0.2) is 4.68 Å². The van der Waals surface area contributed by atoms with Crippen molar-refractivity contribution in [3.05, 3.63) is 48.3 Å². The highest BCUT2D eigenvalue weighted by Crippen LogP contribution is 2.37. The SMILES string of the molecule is CO[C@H]1CCCOC12CCN(C(=O)c1ccccc1-n1cccn1)CC2. The third-order valence-electron chi connectivity index (χ3n) is 5.65. The van der Waals surface area contributed by atoms with E-state index in [1.54, 1.807) is 18.0 Å². The van der Waals surface area contributed by atoms with E-state index in [0.717, 1.165) is 38.0 Å². The number of hydrogen-bond donors (Lipinski definition) is 0. The molecule has 3 heterocycles. The van der Waals surface area contributed by atoms with Crippen molar-refractivity contribution in [3.63, 3.8) is 0 Å². The smallest absolute Gasteiger partial charge is 0.256 e. The van der Waals surface area contributed by atoms with Crippen molar-refractivity contribution in [1.29, 1.82) is 0 Å². The predicted octanol–water partition coefficient (Wildman–Crippen LogP) is 2.67. The van der Waals surface area contributed by atoms with Crippen molar-refractivity contribution in [3.8, 4) is 5.69 Å². The van der Waals surface area contributed by atoms with Crippen LogP contribution in [0.1, 0.15) is 36.0 Å². The van der Waals surface area contributed by atoms with Gasteiger partial charge in [-0.15, -0.1) is 0 Å². The molecule has 1 amide bonds. The Kier molecular flexibility index (Phi) is 4.78. The summed E-state index contributed by atoms with van der Waals surface area (Å²) in [6, 6.07) is 9.49. The van der Waals surface area contributed by atoms with Crippen LogP contribution in [-0.2, 0) is 9.47 Å². The molecule has 6 nitrogen and oxygen atoms in total. The zero-order valence-corrected chi connectivity index (χ0v) is 15.1. The van der Waals surface area contributed by atoms with Gasteiger partial charge in [-0.3, -0.25) is 4.79 Å². The molecule has 1 aromatic carbocycles. The van der Waals surface area contributed by atoms with Crippen LogP contribution in [0.4, 0.5) is 0 Å². The lowest BCUT2D eigenvalue weighted by Gasteiger charge is -2.48. The van der Waals surface area contributed by atoms with E-state index in [1.807, 2.05) is 41.4 Å². The van der Waals surface area contributed by atoms with Gasteiger partial charge in [0.1, 0.15) is 0 Å². The fourth-order valence-electron chi connectivity index (χ4n) is 4.22. The highest BCUT2D eigenvalue weighted by atomic mass is 16.5. The lowest BCUT2D eigenvalue weighted by Crippen LogP contribution is -2.56. The summed E-state index contributed by atoms with van der Waals surface area (Å²) < 4.78 is 13.6. The average molecular weight is 355 g/mol. The van der Waals surface area contributed by atoms with E-state index in [4.69, 9.17) is 9.47 Å². The van der Waals surface area contributed by atoms with Crippen LogP contribution in [-0.4, -0.2) is 59.1 Å². The molecule has 0 unspecified atom stereocenters. The van der Waals surface area contributed by atoms with Gasteiger partial charge in [0.2, 0.25) is 0 Å². The lowest BCUT2D eigenvalue weighted by atomic mass is 9.81. The number of carbonyl (C=O) groups excluding carboxylic acids is 1. The number of methoxy groups -OCH3 is 1. The van der Waals surface area contributed by atoms with Crippen molar-refractivity contribution in [2.45, 2.75) is 37.4 Å². The lowest BCUT2D eigenvalue weighted by molar-refractivity contribution is -0.183. The molecule has 2 aromatic rings. The second-order valence-electron chi connectivity index (χ2n) is 7.04. The van der Waals surface area contributed by atoms with Crippen LogP contribution in [0.15, 0.2) is 42.7 Å². The third kappa shape index (κ3) is 3.04. The largest absolute Gasteiger partial charge is 0.378 e. The number of nitrogens with zero attached hydrogens (tertiary/aromatic N) is 3. The maximum atomic E-state index is 13.2. The fourth-order valence-corrected chi connectivity index (χ4v) is 4.22. The van der Waals surface area contributed by atoms with E-state index in [1.165, 1.54) is 0 Å². The Bertz CT molecular complexity index is 751. The molecular formula is C20H25N3O3. The summed E-state index contributed by atoms with van der Waals surface area (Å²) in [7, 11) is 1.76. The normalized spacial score (nSPS) is 22.5. The van der Waals surface area contributed by atoms with E-state index in [0.29, 0.717) is 18.7 Å². The number of rotatable bonds is 3. The molecule has 1 spiro atoms. The second-order valence-corrected chi connectivity index (χ2v) is 7.04. The zero-order valence-electron chi connectivity index (χ0n) is 15.1. The Morgan fingerprint density at radius 1 is 1.27 bits per heavy atom. The van der Waals surface area contributed by atoms with Gasteiger partial charge in [0.25, 0.3) is 5.91 Å². The van der Waals surface area contributed by atoms with E-state index in [9.17, 15) is 4.79 Å². The maximum Gasteiger partial charge on any atom is 0.256 e. The molecule has 1 atom stereocenters. The molecule has 0 bridgehead atoms. The number of hydrogen-bond acceptors (Lipinski definition) is 4. The molecule has 0 saturated carbocycles. The molecule has 0 N–H and O–H groups in total. The molecule has 4 rings (SSSR count). The number of likely N-dealkylation sites (tertiary alicyclic amines) is 1. The Morgan fingerprint density at radius 2 is 2.08 bits per heavy atom. The highest BCUT2D eigenvalue weighted by molar-refractivity contribution is 5.97. The summed E-state index contributed by atoms with van der Waals surface area (Å²) in [5.41, 5.74) is 1.26. The number of benzene rings is 1. The summed E-state index contributed by atoms with van der Waals surface area (Å²) in [5.74, 6) is 0.0516. The van der Waals surface area contributed by atoms with Crippen LogP contribution in [0.25, 0.3) is 5.69 Å². The number of carbonyl (C=O) groups is 1. The van der Waals surface area contributed by atoms with Gasteiger partial charge in [-0.2, -0.15) is 5.10 Å². The first kappa shape index (κ1) is 17.2. The Labute approximate surface area is 153 Å². The highest BCUT2D eigenvalue weighted by Gasteiger charge is 2.45. The first-order valence-corrected chi connectivity index (χ1v) is 9.28. The molecule has 0 aliphatic carbocycles. The van der Waals surface area contributed by atoms with Gasteiger partial charge in [-0.1, -0.05) is 12.1 Å². The molecule has 2 saturated heterocycles. The van der Waals surface area contributed by atoms with Gasteiger partial charge >= 0.3 is 0 Å². The third-order valence-corrected chi connectivity index (χ3v) is 5.65. The van der Waals surface area contributed by atoms with Gasteiger partial charge in [-0.05, 0) is 43.9 Å². The van der Waals surface area contributed by atoms with Crippen LogP contribution in [0, 0.1) is 0 Å². The minimum Gasteiger partial charge on any atom is -0.378 e. The quantitative estimate of drug-likeness (QED) is 0.849. The number of para-hydroxylation sites is 1. The van der Waals surface area contributed by atoms with E-state index < -0.39 is 0 Å². The number of ether oxygens (including phenoxy) is 2. The average Bonchev–Trinajstić information content (AvgIpc) is 3.23. The molecule has 2 fully saturated rings. The summed E-state index contributed by atoms with van der Waals surface area (Å²) in [5, 5.41) is 4.27. The summed E-state index contributed by atoms with van der Waals surface area (Å²) in [6.07, 6.45) is 7.42. The van der Waals surface area contributed by atoms with Crippen molar-refractivity contribution in [1.82, 2.24) is 14.7 Å². The molecule has 26 heavy (non-hydrogen) atoms. The van der Waals surface area contributed by atoms with E-state index in [2.05, 4.69) is 5.10 Å². The van der Waals surface area contributed by atoms with Crippen LogP contribution in [0.3, 0.4) is 0 Å². The minimum absolute atomic E-state index is 0.0516. The number of amides is 1. The Morgan fingerprint density at radius 3 is 2.81 bits per heavy atom. The van der Waals surface area contributed by atoms with Gasteiger partial charge < -0.3 is 14.4 Å². The van der Waals surface area contributed by atoms with Crippen LogP contribution >= 0.6 is 0 Å². The maximum absolute atomic E-state index is 13.2. The second kappa shape index (κ2) is 7.21. The molecule has 2 aliphatic heterocycles. The van der Waals surface area contributed by atoms with E-state index >= 15 is 0 Å². The molecule has 1 aromatic heterocycles. The summed E-state index contributed by atoms with van der Waals surface area (Å²) in [6.45, 7) is 2.16. The standard InChI is InChI=1S/C20H25N3O3/c1-25-18-8-4-15-26-20(18)9-13-22(14-10-20)19(24)16-6-2-3-7-17(16)23-12-5-11-21-23/h2-3,5-7,11-12,18H,4,8-10,13-15H2,1H3/t18-/m0/s1. The van der Waals surface area contributed by atoms with Gasteiger partial charge in [0.15, 0.2) is 0 Å². The molecule has 6 heteroatoms. The summed E-state index contributed by atoms with van der Waals surface area (Å²) >= 11 is 0. The zero-order chi connectivity index (χ0) is 18.0. The van der Waals surface area contributed by atoms with Crippen molar-refractivity contribution in [2.24, 2.45) is 0 Å². The Balaban J connectivity index is 1.51. The van der Waals surface area contributed by atoms with Crippen molar-refractivity contribution in [2.75, 3.05) is 26.8 Å². The molecule has 0 radical (unpaired) electrons. The first-order chi connectivity index (χ1) is 12.7. The monoisotopic (exact) mass is 355 g/mol. The minimum atomic E-state index is -0.231. The molecule has 2 aliphatic rings. The topological polar surface area (TPSA) is 56.6 Å². The number of aromatic nitrogens is 2. The first-order valence-electron chi connectivity index (χ1n) is 9.28. The van der Waals surface area contributed by atoms with E-state index in [-0.39, 0.29) is 17.6 Å². The van der Waals surface area contributed by atoms with Crippen LogP contribution in [0.5, 0.6) is 0 Å². The van der Waals surface area contributed by atoms with Crippen LogP contribution < -0.4 is 0 Å². The predicted molar refractivity (Wildman–Crippen MR) is 97.4 cm³/mol. The molecule has 138 valence electrons.